The van der Waals surface area contributed by atoms with Gasteiger partial charge in [0.05, 0.1) is 0 Å². The van der Waals surface area contributed by atoms with Crippen LogP contribution in [0.25, 0.3) is 11.1 Å². The summed E-state index contributed by atoms with van der Waals surface area (Å²) in [6, 6.07) is 11.6. The van der Waals surface area contributed by atoms with Crippen LogP contribution in [0.4, 0.5) is 5.69 Å². The largest absolute Gasteiger partial charge is 0.410 e. The van der Waals surface area contributed by atoms with E-state index in [2.05, 4.69) is 21.1 Å². The van der Waals surface area contributed by atoms with E-state index in [-0.39, 0.29) is 0 Å². The van der Waals surface area contributed by atoms with Crippen molar-refractivity contribution in [3.63, 3.8) is 0 Å². The van der Waals surface area contributed by atoms with Crippen LogP contribution < -0.4 is 5.73 Å². The van der Waals surface area contributed by atoms with Gasteiger partial charge in [-0.25, -0.2) is 0 Å². The number of oxime groups is 1. The van der Waals surface area contributed by atoms with Gasteiger partial charge in [-0.15, -0.1) is 0 Å². The van der Waals surface area contributed by atoms with E-state index in [0.29, 0.717) is 11.4 Å². The molecular weight excluding hydrogens is 280 g/mol. The number of nitrogens with zero attached hydrogens (tertiary/aromatic N) is 1. The van der Waals surface area contributed by atoms with Crippen molar-refractivity contribution in [2.24, 2.45) is 5.16 Å². The van der Waals surface area contributed by atoms with Crippen LogP contribution in [0.15, 0.2) is 46.0 Å². The summed E-state index contributed by atoms with van der Waals surface area (Å²) in [6.07, 6.45) is 0. The van der Waals surface area contributed by atoms with Gasteiger partial charge < -0.3 is 10.9 Å². The lowest BCUT2D eigenvalue weighted by molar-refractivity contribution is 0.320. The van der Waals surface area contributed by atoms with E-state index in [1.165, 1.54) is 0 Å². The highest BCUT2D eigenvalue weighted by Crippen LogP contribution is 2.40. The Morgan fingerprint density at radius 1 is 1.00 bits per heavy atom. The Balaban J connectivity index is 2.40. The highest BCUT2D eigenvalue weighted by atomic mass is 79.9. The quantitative estimate of drug-likeness (QED) is 0.379. The molecule has 17 heavy (non-hydrogen) atoms. The molecule has 2 aromatic rings. The summed E-state index contributed by atoms with van der Waals surface area (Å²) in [4.78, 5) is 0. The Morgan fingerprint density at radius 2 is 1.71 bits per heavy atom. The number of nitrogens with two attached hydrogens (primary N) is 1. The molecule has 3 nitrogen and oxygen atoms in total. The first-order valence-electron chi connectivity index (χ1n) is 5.13. The van der Waals surface area contributed by atoms with Crippen LogP contribution in [-0.4, -0.2) is 10.9 Å². The number of hydrogen-bond donors (Lipinski definition) is 2. The number of halogens is 1. The second kappa shape index (κ2) is 3.60. The van der Waals surface area contributed by atoms with Crippen LogP contribution in [0.5, 0.6) is 0 Å². The van der Waals surface area contributed by atoms with Crippen LogP contribution in [0, 0.1) is 0 Å². The summed E-state index contributed by atoms with van der Waals surface area (Å²) < 4.78 is 0.852. The van der Waals surface area contributed by atoms with E-state index < -0.39 is 0 Å². The summed E-state index contributed by atoms with van der Waals surface area (Å²) >= 11 is 3.42. The van der Waals surface area contributed by atoms with Crippen molar-refractivity contribution >= 4 is 27.3 Å². The van der Waals surface area contributed by atoms with Crippen molar-refractivity contribution in [2.45, 2.75) is 0 Å². The molecule has 0 radical (unpaired) electrons. The molecule has 0 saturated heterocycles. The number of rotatable bonds is 0. The lowest BCUT2D eigenvalue weighted by Crippen LogP contribution is -1.99. The molecule has 0 unspecified atom stereocenters. The minimum atomic E-state index is 0.579. The van der Waals surface area contributed by atoms with E-state index >= 15 is 0 Å². The fourth-order valence-corrected chi connectivity index (χ4v) is 2.53. The highest BCUT2D eigenvalue weighted by molar-refractivity contribution is 9.10. The molecule has 3 N–H and O–H groups in total. The molecule has 84 valence electrons. The van der Waals surface area contributed by atoms with Crippen LogP contribution >= 0.6 is 15.9 Å². The van der Waals surface area contributed by atoms with Crippen LogP contribution in [-0.2, 0) is 0 Å². The third kappa shape index (κ3) is 1.37. The number of anilines is 1. The number of benzene rings is 2. The number of hydrogen-bond acceptors (Lipinski definition) is 3. The standard InChI is InChI=1S/C13H9BrN2O/c14-11-5-9-7-3-1-2-4-8(7)13(16-17)10(9)6-12(11)15/h1-6,17H,15H2/b16-13-. The third-order valence-corrected chi connectivity index (χ3v) is 3.65. The van der Waals surface area contributed by atoms with Crippen molar-refractivity contribution in [3.05, 3.63) is 52.0 Å². The topological polar surface area (TPSA) is 58.6 Å². The zero-order valence-electron chi connectivity index (χ0n) is 8.81. The fourth-order valence-electron chi connectivity index (χ4n) is 2.19. The van der Waals surface area contributed by atoms with Gasteiger partial charge in [0.2, 0.25) is 0 Å². The third-order valence-electron chi connectivity index (χ3n) is 2.96. The second-order valence-electron chi connectivity index (χ2n) is 3.91. The Kier molecular flexibility index (Phi) is 2.19. The minimum Gasteiger partial charge on any atom is -0.410 e. The Labute approximate surface area is 107 Å². The molecule has 1 aliphatic carbocycles. The first-order chi connectivity index (χ1) is 8.22. The smallest absolute Gasteiger partial charge is 0.118 e. The lowest BCUT2D eigenvalue weighted by Gasteiger charge is -2.04. The van der Waals surface area contributed by atoms with Crippen molar-refractivity contribution in [1.82, 2.24) is 0 Å². The molecule has 0 saturated carbocycles. The molecule has 4 heteroatoms. The molecule has 0 fully saturated rings. The van der Waals surface area contributed by atoms with Crippen LogP contribution in [0.3, 0.4) is 0 Å². The van der Waals surface area contributed by atoms with Gasteiger partial charge in [0.1, 0.15) is 5.71 Å². The van der Waals surface area contributed by atoms with Gasteiger partial charge in [0.15, 0.2) is 0 Å². The van der Waals surface area contributed by atoms with Crippen molar-refractivity contribution in [1.29, 1.82) is 0 Å². The fraction of sp³-hybridized carbons (Fsp3) is 0. The average Bonchev–Trinajstić information content (AvgIpc) is 2.63. The summed E-state index contributed by atoms with van der Waals surface area (Å²) in [7, 11) is 0. The predicted octanol–water partition coefficient (Wildman–Crippen LogP) is 3.24. The van der Waals surface area contributed by atoms with Gasteiger partial charge in [-0.3, -0.25) is 0 Å². The maximum Gasteiger partial charge on any atom is 0.118 e. The zero-order valence-corrected chi connectivity index (χ0v) is 10.4. The average molecular weight is 289 g/mol. The summed E-state index contributed by atoms with van der Waals surface area (Å²) in [5.74, 6) is 0. The first-order valence-corrected chi connectivity index (χ1v) is 5.93. The predicted molar refractivity (Wildman–Crippen MR) is 71.4 cm³/mol. The van der Waals surface area contributed by atoms with Gasteiger partial charge in [0, 0.05) is 21.3 Å². The van der Waals surface area contributed by atoms with Gasteiger partial charge in [-0.2, -0.15) is 0 Å². The van der Waals surface area contributed by atoms with E-state index in [9.17, 15) is 0 Å². The SMILES string of the molecule is Nc1cc2c(cc1Br)-c1ccccc1/C2=N/O. The molecule has 2 aromatic carbocycles. The second-order valence-corrected chi connectivity index (χ2v) is 4.77. The summed E-state index contributed by atoms with van der Waals surface area (Å²) in [6.45, 7) is 0. The highest BCUT2D eigenvalue weighted by Gasteiger charge is 2.25. The Morgan fingerprint density at radius 3 is 2.41 bits per heavy atom. The molecule has 0 heterocycles. The van der Waals surface area contributed by atoms with Crippen molar-refractivity contribution in [3.8, 4) is 11.1 Å². The Bertz CT molecular complexity index is 650. The van der Waals surface area contributed by atoms with E-state index in [0.717, 1.165) is 26.7 Å². The normalized spacial score (nSPS) is 14.8. The van der Waals surface area contributed by atoms with Gasteiger partial charge in [-0.05, 0) is 39.2 Å². The molecule has 0 atom stereocenters. The van der Waals surface area contributed by atoms with Crippen LogP contribution in [0.1, 0.15) is 11.1 Å². The summed E-state index contributed by atoms with van der Waals surface area (Å²) in [5.41, 5.74) is 11.0. The number of fused-ring (bicyclic) bond motifs is 3. The van der Waals surface area contributed by atoms with E-state index in [1.54, 1.807) is 0 Å². The number of nitrogen functional groups attached to an aromatic ring is 1. The maximum absolute atomic E-state index is 9.16. The lowest BCUT2D eigenvalue weighted by atomic mass is 10.1. The van der Waals surface area contributed by atoms with Gasteiger partial charge in [-0.1, -0.05) is 29.4 Å². The van der Waals surface area contributed by atoms with Gasteiger partial charge >= 0.3 is 0 Å². The van der Waals surface area contributed by atoms with Crippen LogP contribution in [0.2, 0.25) is 0 Å². The molecular formula is C13H9BrN2O. The molecule has 0 spiro atoms. The van der Waals surface area contributed by atoms with Crippen molar-refractivity contribution in [2.75, 3.05) is 5.73 Å². The Hall–Kier alpha value is -1.81. The maximum atomic E-state index is 9.16. The summed E-state index contributed by atoms with van der Waals surface area (Å²) in [5, 5.41) is 12.5. The minimum absolute atomic E-state index is 0.579. The molecule has 0 amide bonds. The van der Waals surface area contributed by atoms with E-state index in [1.807, 2.05) is 36.4 Å². The van der Waals surface area contributed by atoms with Gasteiger partial charge in [0.25, 0.3) is 0 Å². The molecule has 3 rings (SSSR count). The molecule has 0 aliphatic heterocycles. The monoisotopic (exact) mass is 288 g/mol. The zero-order chi connectivity index (χ0) is 12.0. The van der Waals surface area contributed by atoms with E-state index in [4.69, 9.17) is 10.9 Å². The molecule has 1 aliphatic rings. The first kappa shape index (κ1) is 10.4. The van der Waals surface area contributed by atoms with Crippen molar-refractivity contribution < 1.29 is 5.21 Å². The molecule has 0 bridgehead atoms. The molecule has 0 aromatic heterocycles.